The van der Waals surface area contributed by atoms with Gasteiger partial charge in [0.25, 0.3) is 0 Å². The number of hydrogen-bond acceptors (Lipinski definition) is 5. The van der Waals surface area contributed by atoms with Crippen LogP contribution in [-0.4, -0.2) is 33.2 Å². The average Bonchev–Trinajstić information content (AvgIpc) is 2.97. The largest absolute Gasteiger partial charge is 0.424 e. The van der Waals surface area contributed by atoms with E-state index < -0.39 is 0 Å². The first-order valence-corrected chi connectivity index (χ1v) is 7.36. The molecule has 1 aliphatic heterocycles. The average molecular weight is 284 g/mol. The molecule has 0 aromatic carbocycles. The van der Waals surface area contributed by atoms with Crippen molar-refractivity contribution in [2.45, 2.75) is 32.7 Å². The molecule has 0 amide bonds. The number of aromatic nitrogens is 3. The Morgan fingerprint density at radius 1 is 1.33 bits per heavy atom. The van der Waals surface area contributed by atoms with Crippen molar-refractivity contribution in [1.29, 1.82) is 0 Å². The summed E-state index contributed by atoms with van der Waals surface area (Å²) in [6, 6.07) is 4.08. The van der Waals surface area contributed by atoms with Crippen molar-refractivity contribution >= 4 is 5.57 Å². The van der Waals surface area contributed by atoms with Gasteiger partial charge in [0.15, 0.2) is 0 Å². The fraction of sp³-hybridized carbons (Fsp3) is 0.438. The van der Waals surface area contributed by atoms with Gasteiger partial charge < -0.3 is 4.42 Å². The van der Waals surface area contributed by atoms with Gasteiger partial charge in [-0.15, -0.1) is 10.2 Å². The van der Waals surface area contributed by atoms with Crippen LogP contribution in [0, 0.1) is 0 Å². The first kappa shape index (κ1) is 13.9. The second-order valence-corrected chi connectivity index (χ2v) is 5.66. The van der Waals surface area contributed by atoms with E-state index >= 15 is 0 Å². The zero-order valence-corrected chi connectivity index (χ0v) is 12.5. The summed E-state index contributed by atoms with van der Waals surface area (Å²) in [6.07, 6.45) is 7.05. The summed E-state index contributed by atoms with van der Waals surface area (Å²) in [6.45, 7) is 6.73. The number of pyridine rings is 1. The topological polar surface area (TPSA) is 55.1 Å². The summed E-state index contributed by atoms with van der Waals surface area (Å²) in [5.41, 5.74) is 2.51. The highest BCUT2D eigenvalue weighted by Gasteiger charge is 2.17. The van der Waals surface area contributed by atoms with Crippen LogP contribution in [0.15, 0.2) is 35.0 Å². The molecule has 0 fully saturated rings. The van der Waals surface area contributed by atoms with Gasteiger partial charge in [0.1, 0.15) is 0 Å². The Morgan fingerprint density at radius 3 is 2.95 bits per heavy atom. The summed E-state index contributed by atoms with van der Waals surface area (Å²) >= 11 is 0. The molecule has 3 heterocycles. The van der Waals surface area contributed by atoms with Crippen molar-refractivity contribution in [3.63, 3.8) is 0 Å². The van der Waals surface area contributed by atoms with Crippen LogP contribution in [0.2, 0.25) is 0 Å². The molecule has 0 radical (unpaired) electrons. The smallest absolute Gasteiger partial charge is 0.230 e. The summed E-state index contributed by atoms with van der Waals surface area (Å²) < 4.78 is 5.69. The molecule has 5 heteroatoms. The zero-order chi connectivity index (χ0) is 14.7. The highest BCUT2D eigenvalue weighted by molar-refractivity contribution is 5.66. The van der Waals surface area contributed by atoms with Gasteiger partial charge >= 0.3 is 0 Å². The molecule has 2 aromatic rings. The Hall–Kier alpha value is -2.01. The molecule has 21 heavy (non-hydrogen) atoms. The Bertz CT molecular complexity index is 618. The van der Waals surface area contributed by atoms with Crippen molar-refractivity contribution < 1.29 is 4.42 Å². The van der Waals surface area contributed by atoms with Gasteiger partial charge in [-0.2, -0.15) is 0 Å². The summed E-state index contributed by atoms with van der Waals surface area (Å²) in [4.78, 5) is 6.52. The molecule has 0 saturated carbocycles. The zero-order valence-electron chi connectivity index (χ0n) is 12.5. The van der Waals surface area contributed by atoms with E-state index in [2.05, 4.69) is 46.1 Å². The molecule has 1 aliphatic rings. The maximum Gasteiger partial charge on any atom is 0.230 e. The number of rotatable bonds is 4. The van der Waals surface area contributed by atoms with Crippen molar-refractivity contribution in [3.8, 4) is 0 Å². The molecule has 0 atom stereocenters. The van der Waals surface area contributed by atoms with Crippen LogP contribution in [-0.2, 0) is 6.54 Å². The first-order chi connectivity index (χ1) is 10.2. The van der Waals surface area contributed by atoms with Crippen molar-refractivity contribution in [1.82, 2.24) is 20.1 Å². The summed E-state index contributed by atoms with van der Waals surface area (Å²) in [5.74, 6) is 1.69. The lowest BCUT2D eigenvalue weighted by atomic mass is 10.0. The van der Waals surface area contributed by atoms with E-state index in [4.69, 9.17) is 4.42 Å². The van der Waals surface area contributed by atoms with E-state index in [9.17, 15) is 0 Å². The normalized spacial score (nSPS) is 16.2. The SMILES string of the molecule is CC(C)c1nnc(CN2CCC=C(c3cccnc3)C2)o1. The van der Waals surface area contributed by atoms with Gasteiger partial charge in [0, 0.05) is 31.4 Å². The van der Waals surface area contributed by atoms with Gasteiger partial charge in [-0.05, 0) is 23.6 Å². The second-order valence-electron chi connectivity index (χ2n) is 5.66. The Morgan fingerprint density at radius 2 is 2.24 bits per heavy atom. The highest BCUT2D eigenvalue weighted by atomic mass is 16.4. The predicted octanol–water partition coefficient (Wildman–Crippen LogP) is 2.88. The van der Waals surface area contributed by atoms with E-state index in [1.54, 1.807) is 6.20 Å². The highest BCUT2D eigenvalue weighted by Crippen LogP contribution is 2.21. The third-order valence-corrected chi connectivity index (χ3v) is 3.60. The third kappa shape index (κ3) is 3.36. The maximum absolute atomic E-state index is 5.69. The fourth-order valence-corrected chi connectivity index (χ4v) is 2.46. The minimum atomic E-state index is 0.276. The minimum absolute atomic E-state index is 0.276. The molecule has 0 saturated heterocycles. The molecule has 0 N–H and O–H groups in total. The first-order valence-electron chi connectivity index (χ1n) is 7.36. The molecule has 0 bridgehead atoms. The maximum atomic E-state index is 5.69. The summed E-state index contributed by atoms with van der Waals surface area (Å²) in [7, 11) is 0. The van der Waals surface area contributed by atoms with Gasteiger partial charge in [-0.1, -0.05) is 26.0 Å². The van der Waals surface area contributed by atoms with Crippen molar-refractivity contribution in [3.05, 3.63) is 47.9 Å². The number of nitrogens with zero attached hydrogens (tertiary/aromatic N) is 4. The standard InChI is InChI=1S/C16H20N4O/c1-12(2)16-19-18-15(21-16)11-20-8-4-6-14(10-20)13-5-3-7-17-9-13/h3,5-7,9,12H,4,8,10-11H2,1-2H3. The van der Waals surface area contributed by atoms with Crippen LogP contribution < -0.4 is 0 Å². The Labute approximate surface area is 124 Å². The molecule has 0 aliphatic carbocycles. The lowest BCUT2D eigenvalue weighted by Gasteiger charge is -2.25. The summed E-state index contributed by atoms with van der Waals surface area (Å²) in [5, 5.41) is 8.23. The van der Waals surface area contributed by atoms with Gasteiger partial charge in [0.2, 0.25) is 11.8 Å². The monoisotopic (exact) mass is 284 g/mol. The van der Waals surface area contributed by atoms with Crippen LogP contribution in [0.4, 0.5) is 0 Å². The molecule has 2 aromatic heterocycles. The Balaban J connectivity index is 1.66. The number of hydrogen-bond donors (Lipinski definition) is 0. The molecule has 0 unspecified atom stereocenters. The Kier molecular flexibility index (Phi) is 4.10. The van der Waals surface area contributed by atoms with E-state index in [0.717, 1.165) is 19.5 Å². The lowest BCUT2D eigenvalue weighted by molar-refractivity contribution is 0.259. The molecule has 5 nitrogen and oxygen atoms in total. The van der Waals surface area contributed by atoms with E-state index in [1.165, 1.54) is 11.1 Å². The molecular formula is C16H20N4O. The quantitative estimate of drug-likeness (QED) is 0.864. The lowest BCUT2D eigenvalue weighted by Crippen LogP contribution is -2.29. The van der Waals surface area contributed by atoms with E-state index in [1.807, 2.05) is 12.3 Å². The van der Waals surface area contributed by atoms with Crippen molar-refractivity contribution in [2.24, 2.45) is 0 Å². The van der Waals surface area contributed by atoms with Crippen LogP contribution in [0.1, 0.15) is 43.5 Å². The van der Waals surface area contributed by atoms with Crippen LogP contribution in [0.5, 0.6) is 0 Å². The van der Waals surface area contributed by atoms with Gasteiger partial charge in [-0.3, -0.25) is 9.88 Å². The molecular weight excluding hydrogens is 264 g/mol. The predicted molar refractivity (Wildman–Crippen MR) is 80.5 cm³/mol. The second kappa shape index (κ2) is 6.18. The third-order valence-electron chi connectivity index (χ3n) is 3.60. The van der Waals surface area contributed by atoms with Crippen LogP contribution in [0.3, 0.4) is 0 Å². The molecule has 3 rings (SSSR count). The minimum Gasteiger partial charge on any atom is -0.424 e. The fourth-order valence-electron chi connectivity index (χ4n) is 2.46. The van der Waals surface area contributed by atoms with Gasteiger partial charge in [0.05, 0.1) is 6.54 Å². The van der Waals surface area contributed by atoms with Crippen LogP contribution in [0.25, 0.3) is 5.57 Å². The molecule has 0 spiro atoms. The van der Waals surface area contributed by atoms with Gasteiger partial charge in [-0.25, -0.2) is 0 Å². The molecule has 110 valence electrons. The van der Waals surface area contributed by atoms with E-state index in [0.29, 0.717) is 18.3 Å². The van der Waals surface area contributed by atoms with Crippen molar-refractivity contribution in [2.75, 3.05) is 13.1 Å². The van der Waals surface area contributed by atoms with Crippen LogP contribution >= 0.6 is 0 Å². The van der Waals surface area contributed by atoms with E-state index in [-0.39, 0.29) is 5.92 Å².